The Morgan fingerprint density at radius 2 is 1.55 bits per heavy atom. The van der Waals surface area contributed by atoms with Crippen LogP contribution in [0.15, 0.2) is 65.6 Å². The van der Waals surface area contributed by atoms with E-state index in [1.165, 1.54) is 5.56 Å². The van der Waals surface area contributed by atoms with E-state index in [-0.39, 0.29) is 12.1 Å². The fraction of sp³-hybridized carbons (Fsp3) is 0.250. The molecule has 1 heterocycles. The highest BCUT2D eigenvalue weighted by molar-refractivity contribution is 8.46. The van der Waals surface area contributed by atoms with Crippen molar-refractivity contribution in [2.24, 2.45) is 0 Å². The summed E-state index contributed by atoms with van der Waals surface area (Å²) in [7, 11) is 7.02. The van der Waals surface area contributed by atoms with Crippen LogP contribution >= 0.6 is 20.4 Å². The third-order valence-corrected chi connectivity index (χ3v) is 7.57. The Kier molecular flexibility index (Phi) is 3.78. The van der Waals surface area contributed by atoms with E-state index < -0.39 is 9.71 Å². The quantitative estimate of drug-likeness (QED) is 0.780. The Morgan fingerprint density at radius 3 is 2.15 bits per heavy atom. The van der Waals surface area contributed by atoms with Crippen LogP contribution in [-0.2, 0) is 4.18 Å². The molecule has 1 unspecified atom stereocenters. The molecule has 1 fully saturated rings. The summed E-state index contributed by atoms with van der Waals surface area (Å²) in [6, 6.07) is 20.6. The van der Waals surface area contributed by atoms with Crippen LogP contribution in [0.5, 0.6) is 0 Å². The second kappa shape index (κ2) is 5.41. The largest absolute Gasteiger partial charge is 0.296 e. The number of halogens is 1. The van der Waals surface area contributed by atoms with E-state index in [2.05, 4.69) is 23.4 Å². The lowest BCUT2D eigenvalue weighted by atomic mass is 10.0. The molecule has 106 valence electrons. The van der Waals surface area contributed by atoms with Crippen molar-refractivity contribution in [1.82, 2.24) is 4.31 Å². The number of nitrogens with zero attached hydrogens (tertiary/aromatic N) is 1. The summed E-state index contributed by atoms with van der Waals surface area (Å²) >= 11 is 0. The first-order valence-electron chi connectivity index (χ1n) is 6.67. The average Bonchev–Trinajstić information content (AvgIpc) is 2.75. The molecule has 1 aliphatic rings. The fourth-order valence-corrected chi connectivity index (χ4v) is 5.56. The number of rotatable bonds is 2. The van der Waals surface area contributed by atoms with Gasteiger partial charge in [0.25, 0.3) is 0 Å². The van der Waals surface area contributed by atoms with Gasteiger partial charge in [0.2, 0.25) is 0 Å². The number of benzene rings is 2. The molecule has 2 aromatic carbocycles. The van der Waals surface area contributed by atoms with Gasteiger partial charge in [0, 0.05) is 14.6 Å². The van der Waals surface area contributed by atoms with E-state index in [4.69, 9.17) is 14.9 Å². The van der Waals surface area contributed by atoms with Gasteiger partial charge in [0.05, 0.1) is 6.04 Å². The van der Waals surface area contributed by atoms with Crippen molar-refractivity contribution >= 4 is 20.4 Å². The summed E-state index contributed by atoms with van der Waals surface area (Å²) in [6.07, 6.45) is 0.00825. The summed E-state index contributed by atoms with van der Waals surface area (Å²) < 4.78 is 8.49. The SMILES string of the molecule is C[C@H]1[C@H](c2ccccc2)OS(Cl)(c2ccccc2)N1C. The average molecular weight is 308 g/mol. The van der Waals surface area contributed by atoms with E-state index in [0.29, 0.717) is 0 Å². The molecule has 2 nitrogen and oxygen atoms in total. The second-order valence-electron chi connectivity index (χ2n) is 4.99. The summed E-state index contributed by atoms with van der Waals surface area (Å²) in [5, 5.41) is 0. The molecule has 2 aromatic rings. The summed E-state index contributed by atoms with van der Waals surface area (Å²) in [4.78, 5) is 1.05. The van der Waals surface area contributed by atoms with Crippen LogP contribution < -0.4 is 0 Å². The molecule has 1 saturated heterocycles. The molecular weight excluding hydrogens is 290 g/mol. The Morgan fingerprint density at radius 1 is 1.00 bits per heavy atom. The Bertz CT molecular complexity index is 580. The maximum atomic E-state index is 6.87. The molecule has 0 radical (unpaired) electrons. The smallest absolute Gasteiger partial charge is 0.115 e. The zero-order chi connectivity index (χ0) is 14.2. The number of likely N-dealkylation sites (N-methyl/N-ethyl adjacent to an activating group) is 1. The van der Waals surface area contributed by atoms with E-state index in [1.807, 2.05) is 55.6 Å². The first kappa shape index (κ1) is 14.0. The summed E-state index contributed by atoms with van der Waals surface area (Å²) in [5.74, 6) is 0. The molecule has 0 bridgehead atoms. The second-order valence-corrected chi connectivity index (χ2v) is 8.40. The highest BCUT2D eigenvalue weighted by Gasteiger charge is 2.46. The van der Waals surface area contributed by atoms with Crippen LogP contribution in [0, 0.1) is 0 Å². The number of hydrogen-bond acceptors (Lipinski definition) is 2. The van der Waals surface area contributed by atoms with E-state index >= 15 is 0 Å². The zero-order valence-electron chi connectivity index (χ0n) is 11.6. The monoisotopic (exact) mass is 307 g/mol. The van der Waals surface area contributed by atoms with Gasteiger partial charge in [-0.25, -0.2) is 4.31 Å². The van der Waals surface area contributed by atoms with Gasteiger partial charge in [-0.15, -0.1) is 0 Å². The molecule has 0 spiro atoms. The van der Waals surface area contributed by atoms with Crippen LogP contribution in [0.4, 0.5) is 0 Å². The van der Waals surface area contributed by atoms with Crippen molar-refractivity contribution in [1.29, 1.82) is 0 Å². The predicted molar refractivity (Wildman–Crippen MR) is 85.6 cm³/mol. The van der Waals surface area contributed by atoms with Gasteiger partial charge in [0.15, 0.2) is 0 Å². The predicted octanol–water partition coefficient (Wildman–Crippen LogP) is 4.93. The molecule has 3 atom stereocenters. The van der Waals surface area contributed by atoms with E-state index in [0.717, 1.165) is 4.90 Å². The minimum absolute atomic E-state index is 0.00825. The molecule has 0 aromatic heterocycles. The van der Waals surface area contributed by atoms with Gasteiger partial charge >= 0.3 is 0 Å². The van der Waals surface area contributed by atoms with Gasteiger partial charge in [-0.1, -0.05) is 48.5 Å². The molecular formula is C16H18ClNOS. The van der Waals surface area contributed by atoms with Gasteiger partial charge < -0.3 is 0 Å². The molecule has 0 amide bonds. The third kappa shape index (κ3) is 2.25. The molecule has 0 N–H and O–H groups in total. The van der Waals surface area contributed by atoms with Gasteiger partial charge in [-0.3, -0.25) is 4.18 Å². The summed E-state index contributed by atoms with van der Waals surface area (Å²) in [6.45, 7) is 2.16. The maximum Gasteiger partial charge on any atom is 0.115 e. The minimum atomic E-state index is -1.90. The fourth-order valence-electron chi connectivity index (χ4n) is 2.48. The number of hydrogen-bond donors (Lipinski definition) is 0. The topological polar surface area (TPSA) is 12.5 Å². The van der Waals surface area contributed by atoms with Crippen LogP contribution in [0.2, 0.25) is 0 Å². The first-order chi connectivity index (χ1) is 9.63. The van der Waals surface area contributed by atoms with Crippen molar-refractivity contribution in [2.45, 2.75) is 24.0 Å². The van der Waals surface area contributed by atoms with Crippen LogP contribution in [-0.4, -0.2) is 17.4 Å². The highest BCUT2D eigenvalue weighted by atomic mass is 35.7. The first-order valence-corrected chi connectivity index (χ1v) is 9.01. The van der Waals surface area contributed by atoms with Crippen molar-refractivity contribution in [3.05, 3.63) is 66.2 Å². The van der Waals surface area contributed by atoms with Gasteiger partial charge in [-0.2, -0.15) is 0 Å². The van der Waals surface area contributed by atoms with Crippen molar-refractivity contribution < 1.29 is 4.18 Å². The Labute approximate surface area is 126 Å². The van der Waals surface area contributed by atoms with Gasteiger partial charge in [0.1, 0.15) is 6.10 Å². The molecule has 20 heavy (non-hydrogen) atoms. The Balaban J connectivity index is 1.97. The standard InChI is InChI=1S/C16H18ClNOS/c1-13-16(14-9-5-3-6-10-14)19-20(17,18(13)2)15-11-7-4-8-12-15/h3-13,16H,1-2H3/t13-,16+/m0/s1. The van der Waals surface area contributed by atoms with Crippen LogP contribution in [0.3, 0.4) is 0 Å². The zero-order valence-corrected chi connectivity index (χ0v) is 13.1. The molecule has 1 aliphatic heterocycles. The molecule has 3 rings (SSSR count). The normalized spacial score (nSPS) is 33.8. The van der Waals surface area contributed by atoms with Crippen molar-refractivity contribution in [3.8, 4) is 0 Å². The maximum absolute atomic E-state index is 6.87. The molecule has 4 heteroatoms. The lowest BCUT2D eigenvalue weighted by Crippen LogP contribution is -2.25. The van der Waals surface area contributed by atoms with Crippen molar-refractivity contribution in [3.63, 3.8) is 0 Å². The van der Waals surface area contributed by atoms with E-state index in [9.17, 15) is 0 Å². The molecule has 0 saturated carbocycles. The Hall–Kier alpha value is -1.00. The van der Waals surface area contributed by atoms with Crippen molar-refractivity contribution in [2.75, 3.05) is 7.05 Å². The van der Waals surface area contributed by atoms with Gasteiger partial charge in [-0.05, 0) is 42.3 Å². The highest BCUT2D eigenvalue weighted by Crippen LogP contribution is 2.71. The van der Waals surface area contributed by atoms with Crippen LogP contribution in [0.25, 0.3) is 0 Å². The lowest BCUT2D eigenvalue weighted by Gasteiger charge is -2.34. The van der Waals surface area contributed by atoms with Crippen LogP contribution in [0.1, 0.15) is 18.6 Å². The summed E-state index contributed by atoms with van der Waals surface area (Å²) in [5.41, 5.74) is 1.18. The molecule has 0 aliphatic carbocycles. The third-order valence-electron chi connectivity index (χ3n) is 3.78. The lowest BCUT2D eigenvalue weighted by molar-refractivity contribution is 0.219. The van der Waals surface area contributed by atoms with E-state index in [1.54, 1.807) is 0 Å². The minimum Gasteiger partial charge on any atom is -0.296 e.